The first-order valence-electron chi connectivity index (χ1n) is 8.57. The third kappa shape index (κ3) is 4.56. The Morgan fingerprint density at radius 2 is 1.90 bits per heavy atom. The highest BCUT2D eigenvalue weighted by Crippen LogP contribution is 2.31. The highest BCUT2D eigenvalue weighted by Gasteiger charge is 2.20. The summed E-state index contributed by atoms with van der Waals surface area (Å²) >= 11 is 1.98. The van der Waals surface area contributed by atoms with E-state index >= 15 is 0 Å². The molecule has 0 bridgehead atoms. The molecule has 1 aromatic heterocycles. The molecule has 0 fully saturated rings. The molecule has 2 nitrogen and oxygen atoms in total. The van der Waals surface area contributed by atoms with Gasteiger partial charge in [0.2, 0.25) is 0 Å². The summed E-state index contributed by atoms with van der Waals surface area (Å²) in [6, 6.07) is 0.497. The van der Waals surface area contributed by atoms with Crippen LogP contribution in [0.2, 0.25) is 0 Å². The van der Waals surface area contributed by atoms with Crippen LogP contribution in [-0.4, -0.2) is 11.5 Å². The largest absolute Gasteiger partial charge is 0.308 e. The Balaban J connectivity index is 1.88. The second kappa shape index (κ2) is 8.78. The molecule has 0 spiro atoms. The van der Waals surface area contributed by atoms with Crippen molar-refractivity contribution < 1.29 is 0 Å². The van der Waals surface area contributed by atoms with Crippen molar-refractivity contribution in [3.63, 3.8) is 0 Å². The number of aromatic nitrogens is 1. The van der Waals surface area contributed by atoms with Crippen molar-refractivity contribution in [3.8, 4) is 0 Å². The molecule has 0 aromatic carbocycles. The Morgan fingerprint density at radius 3 is 2.65 bits per heavy atom. The number of thiazole rings is 1. The molecule has 1 atom stereocenters. The van der Waals surface area contributed by atoms with Crippen molar-refractivity contribution in [2.75, 3.05) is 6.54 Å². The van der Waals surface area contributed by atoms with Gasteiger partial charge < -0.3 is 5.32 Å². The van der Waals surface area contributed by atoms with Gasteiger partial charge in [-0.1, -0.05) is 46.0 Å². The molecule has 0 aliphatic heterocycles. The number of nitrogens with zero attached hydrogens (tertiary/aromatic N) is 1. The number of rotatable bonds is 9. The Bertz CT molecular complexity index is 363. The van der Waals surface area contributed by atoms with Gasteiger partial charge >= 0.3 is 0 Å². The zero-order valence-electron chi connectivity index (χ0n) is 13.2. The molecular formula is C17H30N2S. The van der Waals surface area contributed by atoms with Crippen molar-refractivity contribution >= 4 is 11.3 Å². The summed E-state index contributed by atoms with van der Waals surface area (Å²) in [7, 11) is 0. The molecule has 114 valence electrons. The molecule has 1 aliphatic carbocycles. The predicted octanol–water partition coefficient (Wildman–Crippen LogP) is 5.03. The van der Waals surface area contributed by atoms with Crippen LogP contribution in [0.1, 0.15) is 86.8 Å². The van der Waals surface area contributed by atoms with E-state index in [4.69, 9.17) is 4.98 Å². The number of nitrogens with one attached hydrogen (secondary N) is 1. The smallest absolute Gasteiger partial charge is 0.110 e. The maximum atomic E-state index is 4.94. The van der Waals surface area contributed by atoms with Crippen molar-refractivity contribution in [2.45, 2.75) is 84.1 Å². The van der Waals surface area contributed by atoms with Gasteiger partial charge in [0.1, 0.15) is 5.01 Å². The molecular weight excluding hydrogens is 264 g/mol. The average Bonchev–Trinajstić information content (AvgIpc) is 2.89. The lowest BCUT2D eigenvalue weighted by Gasteiger charge is -2.15. The summed E-state index contributed by atoms with van der Waals surface area (Å²) in [5, 5.41) is 5.00. The van der Waals surface area contributed by atoms with Gasteiger partial charge in [-0.2, -0.15) is 0 Å². The lowest BCUT2D eigenvalue weighted by atomic mass is 10.0. The first kappa shape index (κ1) is 16.0. The topological polar surface area (TPSA) is 24.9 Å². The maximum absolute atomic E-state index is 4.94. The van der Waals surface area contributed by atoms with E-state index in [-0.39, 0.29) is 0 Å². The van der Waals surface area contributed by atoms with E-state index in [2.05, 4.69) is 19.2 Å². The summed E-state index contributed by atoms with van der Waals surface area (Å²) in [6.07, 6.45) is 13.2. The third-order valence-corrected chi connectivity index (χ3v) is 5.48. The van der Waals surface area contributed by atoms with E-state index in [1.165, 1.54) is 74.9 Å². The maximum Gasteiger partial charge on any atom is 0.110 e. The highest BCUT2D eigenvalue weighted by molar-refractivity contribution is 7.11. The first-order valence-corrected chi connectivity index (χ1v) is 9.38. The van der Waals surface area contributed by atoms with Gasteiger partial charge in [0.25, 0.3) is 0 Å². The minimum absolute atomic E-state index is 0.497. The number of hydrogen-bond donors (Lipinski definition) is 1. The molecule has 0 saturated heterocycles. The van der Waals surface area contributed by atoms with E-state index in [1.54, 1.807) is 4.88 Å². The molecule has 1 N–H and O–H groups in total. The normalized spacial score (nSPS) is 16.1. The van der Waals surface area contributed by atoms with E-state index in [0.717, 1.165) is 6.54 Å². The van der Waals surface area contributed by atoms with Crippen LogP contribution in [0, 0.1) is 0 Å². The van der Waals surface area contributed by atoms with Crippen LogP contribution in [0.5, 0.6) is 0 Å². The fraction of sp³-hybridized carbons (Fsp3) is 0.824. The fourth-order valence-corrected chi connectivity index (χ4v) is 4.30. The van der Waals surface area contributed by atoms with Gasteiger partial charge in [0.15, 0.2) is 0 Å². The number of hydrogen-bond acceptors (Lipinski definition) is 3. The second-order valence-corrected chi connectivity index (χ2v) is 7.06. The highest BCUT2D eigenvalue weighted by atomic mass is 32.1. The summed E-state index contributed by atoms with van der Waals surface area (Å²) in [4.78, 5) is 6.51. The standard InChI is InChI=1S/C17H30N2S/c1-3-5-6-7-8-12-15(18-4-2)17-19-14-11-9-10-13-16(14)20-17/h15,18H,3-13H2,1-2H3. The number of fused-ring (bicyclic) bond motifs is 1. The van der Waals surface area contributed by atoms with Crippen molar-refractivity contribution in [1.29, 1.82) is 0 Å². The molecule has 1 heterocycles. The molecule has 2 rings (SSSR count). The van der Waals surface area contributed by atoms with Crippen molar-refractivity contribution in [3.05, 3.63) is 15.6 Å². The molecule has 0 saturated carbocycles. The molecule has 0 radical (unpaired) electrons. The summed E-state index contributed by atoms with van der Waals surface area (Å²) < 4.78 is 0. The van der Waals surface area contributed by atoms with Crippen LogP contribution in [0.15, 0.2) is 0 Å². The minimum atomic E-state index is 0.497. The Labute approximate surface area is 128 Å². The minimum Gasteiger partial charge on any atom is -0.308 e. The lowest BCUT2D eigenvalue weighted by Crippen LogP contribution is -2.20. The first-order chi connectivity index (χ1) is 9.85. The summed E-state index contributed by atoms with van der Waals surface area (Å²) in [6.45, 7) is 5.53. The molecule has 1 aliphatic rings. The Hall–Kier alpha value is -0.410. The van der Waals surface area contributed by atoms with Gasteiger partial charge in [-0.25, -0.2) is 4.98 Å². The van der Waals surface area contributed by atoms with Crippen LogP contribution in [0.3, 0.4) is 0 Å². The zero-order valence-corrected chi connectivity index (χ0v) is 14.0. The van der Waals surface area contributed by atoms with Gasteiger partial charge in [-0.05, 0) is 38.6 Å². The van der Waals surface area contributed by atoms with Crippen LogP contribution in [-0.2, 0) is 12.8 Å². The van der Waals surface area contributed by atoms with Crippen LogP contribution < -0.4 is 5.32 Å². The predicted molar refractivity (Wildman–Crippen MR) is 88.5 cm³/mol. The lowest BCUT2D eigenvalue weighted by molar-refractivity contribution is 0.476. The van der Waals surface area contributed by atoms with E-state index < -0.39 is 0 Å². The van der Waals surface area contributed by atoms with Crippen LogP contribution in [0.25, 0.3) is 0 Å². The van der Waals surface area contributed by atoms with Gasteiger partial charge in [0, 0.05) is 4.88 Å². The van der Waals surface area contributed by atoms with Crippen molar-refractivity contribution in [2.24, 2.45) is 0 Å². The van der Waals surface area contributed by atoms with E-state index in [1.807, 2.05) is 11.3 Å². The van der Waals surface area contributed by atoms with Crippen LogP contribution >= 0.6 is 11.3 Å². The van der Waals surface area contributed by atoms with Gasteiger partial charge in [-0.15, -0.1) is 11.3 Å². The second-order valence-electron chi connectivity index (χ2n) is 5.94. The zero-order chi connectivity index (χ0) is 14.2. The van der Waals surface area contributed by atoms with Gasteiger partial charge in [-0.3, -0.25) is 0 Å². The number of unbranched alkanes of at least 4 members (excludes halogenated alkanes) is 4. The molecule has 20 heavy (non-hydrogen) atoms. The molecule has 0 amide bonds. The fourth-order valence-electron chi connectivity index (χ4n) is 3.03. The van der Waals surface area contributed by atoms with E-state index in [9.17, 15) is 0 Å². The van der Waals surface area contributed by atoms with Crippen LogP contribution in [0.4, 0.5) is 0 Å². The third-order valence-electron chi connectivity index (χ3n) is 4.21. The summed E-state index contributed by atoms with van der Waals surface area (Å²) in [5.41, 5.74) is 1.41. The monoisotopic (exact) mass is 294 g/mol. The SMILES string of the molecule is CCCCCCCC(NCC)c1nc2c(s1)CCCC2. The van der Waals surface area contributed by atoms with Gasteiger partial charge in [0.05, 0.1) is 11.7 Å². The molecule has 1 aromatic rings. The molecule has 1 unspecified atom stereocenters. The van der Waals surface area contributed by atoms with Crippen molar-refractivity contribution in [1.82, 2.24) is 10.3 Å². The Morgan fingerprint density at radius 1 is 1.10 bits per heavy atom. The Kier molecular flexibility index (Phi) is 7.01. The summed E-state index contributed by atoms with van der Waals surface area (Å²) in [5.74, 6) is 0. The van der Waals surface area contributed by atoms with E-state index in [0.29, 0.717) is 6.04 Å². The number of aryl methyl sites for hydroxylation is 2. The quantitative estimate of drug-likeness (QED) is 0.646. The molecule has 3 heteroatoms. The average molecular weight is 295 g/mol.